The minimum atomic E-state index is -0.284. The standard InChI is InChI=1S/C18H17FN2OS/c1-3-12-4-6-13(7-5-12)10-17(22)20-18-21(2)15-9-8-14(19)11-16(15)23-18/h4-9,11H,3,10H2,1-2H3. The van der Waals surface area contributed by atoms with E-state index in [1.54, 1.807) is 6.07 Å². The van der Waals surface area contributed by atoms with Crippen LogP contribution in [0.15, 0.2) is 47.5 Å². The van der Waals surface area contributed by atoms with Crippen molar-refractivity contribution in [3.05, 3.63) is 64.2 Å². The summed E-state index contributed by atoms with van der Waals surface area (Å²) in [6.07, 6.45) is 1.25. The van der Waals surface area contributed by atoms with Gasteiger partial charge in [0.2, 0.25) is 0 Å². The molecular weight excluding hydrogens is 311 g/mol. The zero-order valence-corrected chi connectivity index (χ0v) is 13.9. The van der Waals surface area contributed by atoms with E-state index in [0.29, 0.717) is 4.80 Å². The molecule has 0 unspecified atom stereocenters. The molecule has 0 radical (unpaired) electrons. The zero-order valence-electron chi connectivity index (χ0n) is 13.0. The Kier molecular flexibility index (Phi) is 4.39. The fourth-order valence-electron chi connectivity index (χ4n) is 2.43. The van der Waals surface area contributed by atoms with Gasteiger partial charge in [0.15, 0.2) is 4.80 Å². The molecule has 1 amide bonds. The molecule has 1 heterocycles. The topological polar surface area (TPSA) is 34.4 Å². The molecule has 118 valence electrons. The summed E-state index contributed by atoms with van der Waals surface area (Å²) in [4.78, 5) is 17.0. The Morgan fingerprint density at radius 2 is 1.87 bits per heavy atom. The van der Waals surface area contributed by atoms with Crippen molar-refractivity contribution in [1.29, 1.82) is 0 Å². The van der Waals surface area contributed by atoms with Crippen LogP contribution in [0.1, 0.15) is 18.1 Å². The van der Waals surface area contributed by atoms with Crippen molar-refractivity contribution in [3.8, 4) is 0 Å². The van der Waals surface area contributed by atoms with Gasteiger partial charge in [0.05, 0.1) is 16.6 Å². The summed E-state index contributed by atoms with van der Waals surface area (Å²) in [6.45, 7) is 2.10. The number of nitrogens with zero attached hydrogens (tertiary/aromatic N) is 2. The predicted molar refractivity (Wildman–Crippen MR) is 90.8 cm³/mol. The van der Waals surface area contributed by atoms with E-state index in [-0.39, 0.29) is 18.1 Å². The average Bonchev–Trinajstić information content (AvgIpc) is 2.83. The molecule has 0 aliphatic carbocycles. The molecule has 0 saturated heterocycles. The normalized spacial score (nSPS) is 12.0. The molecule has 0 bridgehead atoms. The molecule has 5 heteroatoms. The van der Waals surface area contributed by atoms with E-state index in [9.17, 15) is 9.18 Å². The van der Waals surface area contributed by atoms with Gasteiger partial charge in [-0.2, -0.15) is 4.99 Å². The summed E-state index contributed by atoms with van der Waals surface area (Å²) < 4.78 is 15.9. The van der Waals surface area contributed by atoms with Crippen LogP contribution >= 0.6 is 11.3 Å². The monoisotopic (exact) mass is 328 g/mol. The van der Waals surface area contributed by atoms with Crippen LogP contribution in [0.3, 0.4) is 0 Å². The van der Waals surface area contributed by atoms with Crippen LogP contribution in [-0.2, 0) is 24.7 Å². The number of rotatable bonds is 3. The fourth-order valence-corrected chi connectivity index (χ4v) is 3.49. The maximum absolute atomic E-state index is 13.3. The first-order valence-electron chi connectivity index (χ1n) is 7.47. The number of thiazole rings is 1. The van der Waals surface area contributed by atoms with Gasteiger partial charge in [0.25, 0.3) is 5.91 Å². The number of amides is 1. The molecule has 23 heavy (non-hydrogen) atoms. The summed E-state index contributed by atoms with van der Waals surface area (Å²) in [5.41, 5.74) is 3.07. The molecule has 1 aromatic heterocycles. The molecule has 3 nitrogen and oxygen atoms in total. The second-order valence-corrected chi connectivity index (χ2v) is 6.42. The van der Waals surface area contributed by atoms with Gasteiger partial charge in [0, 0.05) is 7.05 Å². The van der Waals surface area contributed by atoms with E-state index in [4.69, 9.17) is 0 Å². The maximum Gasteiger partial charge on any atom is 0.252 e. The first-order chi connectivity index (χ1) is 11.1. The summed E-state index contributed by atoms with van der Waals surface area (Å²) in [6, 6.07) is 12.6. The SMILES string of the molecule is CCc1ccc(CC(=O)N=c2sc3cc(F)ccc3n2C)cc1. The van der Waals surface area contributed by atoms with Gasteiger partial charge < -0.3 is 4.57 Å². The van der Waals surface area contributed by atoms with Crippen LogP contribution in [0.2, 0.25) is 0 Å². The summed E-state index contributed by atoms with van der Waals surface area (Å²) in [7, 11) is 1.83. The minimum absolute atomic E-state index is 0.197. The molecule has 0 atom stereocenters. The summed E-state index contributed by atoms with van der Waals surface area (Å²) in [5, 5.41) is 0. The second-order valence-electron chi connectivity index (χ2n) is 5.41. The van der Waals surface area contributed by atoms with Crippen LogP contribution in [0, 0.1) is 5.82 Å². The van der Waals surface area contributed by atoms with Gasteiger partial charge in [-0.05, 0) is 35.7 Å². The molecule has 3 rings (SSSR count). The highest BCUT2D eigenvalue weighted by Gasteiger charge is 2.07. The molecule has 2 aromatic carbocycles. The van der Waals surface area contributed by atoms with Crippen molar-refractivity contribution in [1.82, 2.24) is 4.57 Å². The number of aromatic nitrogens is 1. The molecule has 0 N–H and O–H groups in total. The van der Waals surface area contributed by atoms with E-state index in [1.165, 1.54) is 29.0 Å². The molecule has 0 aliphatic heterocycles. The highest BCUT2D eigenvalue weighted by atomic mass is 32.1. The van der Waals surface area contributed by atoms with Crippen LogP contribution < -0.4 is 4.80 Å². The molecule has 0 saturated carbocycles. The quantitative estimate of drug-likeness (QED) is 0.723. The number of aryl methyl sites for hydroxylation is 2. The number of benzene rings is 2. The van der Waals surface area contributed by atoms with Crippen LogP contribution in [0.5, 0.6) is 0 Å². The van der Waals surface area contributed by atoms with Crippen molar-refractivity contribution in [2.24, 2.45) is 12.0 Å². The summed E-state index contributed by atoms with van der Waals surface area (Å²) >= 11 is 1.32. The third-order valence-electron chi connectivity index (χ3n) is 3.78. The lowest BCUT2D eigenvalue weighted by molar-refractivity contribution is -0.117. The Morgan fingerprint density at radius 1 is 1.17 bits per heavy atom. The first kappa shape index (κ1) is 15.6. The van der Waals surface area contributed by atoms with E-state index in [1.807, 2.05) is 35.9 Å². The van der Waals surface area contributed by atoms with E-state index < -0.39 is 0 Å². The van der Waals surface area contributed by atoms with Gasteiger partial charge >= 0.3 is 0 Å². The largest absolute Gasteiger partial charge is 0.319 e. The third-order valence-corrected chi connectivity index (χ3v) is 4.87. The van der Waals surface area contributed by atoms with Crippen molar-refractivity contribution in [3.63, 3.8) is 0 Å². The van der Waals surface area contributed by atoms with Crippen LogP contribution in [0.4, 0.5) is 4.39 Å². The van der Waals surface area contributed by atoms with E-state index in [0.717, 1.165) is 22.2 Å². The van der Waals surface area contributed by atoms with Gasteiger partial charge in [-0.15, -0.1) is 0 Å². The fraction of sp³-hybridized carbons (Fsp3) is 0.222. The Labute approximate surface area is 137 Å². The highest BCUT2D eigenvalue weighted by Crippen LogP contribution is 2.17. The van der Waals surface area contributed by atoms with Crippen molar-refractivity contribution < 1.29 is 9.18 Å². The highest BCUT2D eigenvalue weighted by molar-refractivity contribution is 7.16. The number of hydrogen-bond acceptors (Lipinski definition) is 2. The molecule has 3 aromatic rings. The first-order valence-corrected chi connectivity index (χ1v) is 8.29. The number of hydrogen-bond donors (Lipinski definition) is 0. The third kappa shape index (κ3) is 3.40. The minimum Gasteiger partial charge on any atom is -0.319 e. The lowest BCUT2D eigenvalue weighted by Gasteiger charge is -2.00. The molecule has 0 aliphatic rings. The molecule has 0 spiro atoms. The Hall–Kier alpha value is -2.27. The Morgan fingerprint density at radius 3 is 2.57 bits per heavy atom. The lowest BCUT2D eigenvalue weighted by Crippen LogP contribution is -2.14. The maximum atomic E-state index is 13.3. The lowest BCUT2D eigenvalue weighted by atomic mass is 10.1. The van der Waals surface area contributed by atoms with Gasteiger partial charge in [-0.3, -0.25) is 4.79 Å². The number of halogens is 1. The summed E-state index contributed by atoms with van der Waals surface area (Å²) in [5.74, 6) is -0.481. The number of fused-ring (bicyclic) bond motifs is 1. The Bertz CT molecular complexity index is 922. The number of carbonyl (C=O) groups excluding carboxylic acids is 1. The van der Waals surface area contributed by atoms with Crippen molar-refractivity contribution >= 4 is 27.5 Å². The van der Waals surface area contributed by atoms with Gasteiger partial charge in [0.1, 0.15) is 5.82 Å². The van der Waals surface area contributed by atoms with Gasteiger partial charge in [-0.25, -0.2) is 4.39 Å². The Balaban J connectivity index is 1.88. The second kappa shape index (κ2) is 6.46. The van der Waals surface area contributed by atoms with Crippen molar-refractivity contribution in [2.45, 2.75) is 19.8 Å². The zero-order chi connectivity index (χ0) is 16.4. The van der Waals surface area contributed by atoms with E-state index >= 15 is 0 Å². The molecular formula is C18H17FN2OS. The van der Waals surface area contributed by atoms with Crippen molar-refractivity contribution in [2.75, 3.05) is 0 Å². The average molecular weight is 328 g/mol. The van der Waals surface area contributed by atoms with Crippen LogP contribution in [0.25, 0.3) is 10.2 Å². The molecule has 0 fully saturated rings. The predicted octanol–water partition coefficient (Wildman–Crippen LogP) is 3.61. The smallest absolute Gasteiger partial charge is 0.252 e. The van der Waals surface area contributed by atoms with Gasteiger partial charge in [-0.1, -0.05) is 42.5 Å². The number of carbonyl (C=O) groups is 1. The van der Waals surface area contributed by atoms with Crippen LogP contribution in [-0.4, -0.2) is 10.5 Å². The van der Waals surface area contributed by atoms with E-state index in [2.05, 4.69) is 11.9 Å².